The van der Waals surface area contributed by atoms with Crippen molar-refractivity contribution in [3.05, 3.63) is 41.6 Å². The second-order valence-electron chi connectivity index (χ2n) is 10.3. The molecule has 0 bridgehead atoms. The molecule has 2 aromatic heterocycles. The lowest BCUT2D eigenvalue weighted by atomic mass is 10.1. The molecule has 1 fully saturated rings. The van der Waals surface area contributed by atoms with Gasteiger partial charge in [0.1, 0.15) is 11.7 Å². The largest absolute Gasteiger partial charge is 0.458 e. The maximum atomic E-state index is 12.6. The number of hydrogen-bond acceptors (Lipinski definition) is 8. The number of likely N-dealkylation sites (tertiary alicyclic amines) is 1. The number of hydrogen-bond donors (Lipinski definition) is 1. The number of anilines is 1. The molecule has 4 rings (SSSR count). The maximum absolute atomic E-state index is 12.6. The molecule has 0 aliphatic carbocycles. The van der Waals surface area contributed by atoms with Crippen LogP contribution in [0, 0.1) is 0 Å². The summed E-state index contributed by atoms with van der Waals surface area (Å²) in [6.45, 7) is 11.5. The summed E-state index contributed by atoms with van der Waals surface area (Å²) in [7, 11) is 0. The standard InChI is InChI=1S/C26H36N6O3S/c1-17(2)20-15-28-32-22(20)29-24(30-23(32)27-14-18-10-7-8-12-21(18)36-6)34-19-11-9-13-31(16-19)25(33)35-26(3,4)5/h7-8,10,12,15,17,19H,9,11,13-14,16H2,1-6H3,(H,27,29,30)/t19-/m1/s1. The predicted octanol–water partition coefficient (Wildman–Crippen LogP) is 5.36. The fraction of sp³-hybridized carbons (Fsp3) is 0.538. The Morgan fingerprint density at radius 2 is 2.03 bits per heavy atom. The van der Waals surface area contributed by atoms with Gasteiger partial charge in [0.05, 0.1) is 12.7 Å². The van der Waals surface area contributed by atoms with E-state index in [9.17, 15) is 4.79 Å². The number of rotatable bonds is 7. The van der Waals surface area contributed by atoms with Crippen LogP contribution in [0.3, 0.4) is 0 Å². The van der Waals surface area contributed by atoms with Crippen LogP contribution in [0.5, 0.6) is 6.01 Å². The average Bonchev–Trinajstić information content (AvgIpc) is 3.26. The summed E-state index contributed by atoms with van der Waals surface area (Å²) in [4.78, 5) is 24.9. The van der Waals surface area contributed by atoms with Crippen LogP contribution in [0.4, 0.5) is 10.7 Å². The summed E-state index contributed by atoms with van der Waals surface area (Å²) in [6.07, 6.45) is 5.01. The summed E-state index contributed by atoms with van der Waals surface area (Å²) in [6, 6.07) is 8.56. The van der Waals surface area contributed by atoms with Crippen LogP contribution in [0.1, 0.15) is 64.5 Å². The fourth-order valence-electron chi connectivity index (χ4n) is 4.15. The Kier molecular flexibility index (Phi) is 7.92. The van der Waals surface area contributed by atoms with E-state index in [2.05, 4.69) is 47.6 Å². The average molecular weight is 513 g/mol. The SMILES string of the molecule is CSc1ccccc1CNc1nc(O[C@@H]2CCCN(C(=O)OC(C)(C)C)C2)nc2c(C(C)C)cnn12. The van der Waals surface area contributed by atoms with E-state index in [1.807, 2.05) is 39.1 Å². The summed E-state index contributed by atoms with van der Waals surface area (Å²) in [5.41, 5.74) is 2.38. The van der Waals surface area contributed by atoms with Crippen LogP contribution in [0.25, 0.3) is 5.65 Å². The van der Waals surface area contributed by atoms with E-state index in [0.717, 1.165) is 24.1 Å². The molecule has 0 saturated carbocycles. The molecular weight excluding hydrogens is 476 g/mol. The molecule has 3 aromatic rings. The Hall–Kier alpha value is -3.01. The molecule has 1 aliphatic rings. The third-order valence-electron chi connectivity index (χ3n) is 5.93. The minimum atomic E-state index is -0.538. The van der Waals surface area contributed by atoms with Crippen LogP contribution >= 0.6 is 11.8 Å². The quantitative estimate of drug-likeness (QED) is 0.423. The van der Waals surface area contributed by atoms with Crippen molar-refractivity contribution in [2.24, 2.45) is 0 Å². The maximum Gasteiger partial charge on any atom is 0.410 e. The molecule has 0 radical (unpaired) electrons. The minimum absolute atomic E-state index is 0.218. The molecule has 0 spiro atoms. The Balaban J connectivity index is 1.57. The van der Waals surface area contributed by atoms with Gasteiger partial charge in [-0.15, -0.1) is 11.8 Å². The fourth-order valence-corrected chi connectivity index (χ4v) is 4.77. The topological polar surface area (TPSA) is 93.9 Å². The van der Waals surface area contributed by atoms with E-state index < -0.39 is 5.60 Å². The van der Waals surface area contributed by atoms with Crippen LogP contribution in [-0.4, -0.2) is 61.6 Å². The van der Waals surface area contributed by atoms with Gasteiger partial charge in [-0.2, -0.15) is 19.6 Å². The number of carbonyl (C=O) groups is 1. The van der Waals surface area contributed by atoms with Gasteiger partial charge in [-0.25, -0.2) is 4.79 Å². The Morgan fingerprint density at radius 3 is 2.75 bits per heavy atom. The van der Waals surface area contributed by atoms with Gasteiger partial charge in [0.25, 0.3) is 0 Å². The molecule has 0 unspecified atom stereocenters. The molecule has 1 amide bonds. The Bertz CT molecular complexity index is 1210. The lowest BCUT2D eigenvalue weighted by Crippen LogP contribution is -2.46. The lowest BCUT2D eigenvalue weighted by molar-refractivity contribution is 0.00662. The van der Waals surface area contributed by atoms with Crippen molar-refractivity contribution in [1.29, 1.82) is 0 Å². The van der Waals surface area contributed by atoms with Crippen molar-refractivity contribution in [2.75, 3.05) is 24.7 Å². The zero-order chi connectivity index (χ0) is 25.9. The van der Waals surface area contributed by atoms with Crippen molar-refractivity contribution in [2.45, 2.75) is 76.5 Å². The second-order valence-corrected chi connectivity index (χ2v) is 11.1. The van der Waals surface area contributed by atoms with Gasteiger partial charge in [-0.1, -0.05) is 32.0 Å². The van der Waals surface area contributed by atoms with Crippen molar-refractivity contribution in [1.82, 2.24) is 24.5 Å². The molecule has 1 aliphatic heterocycles. The van der Waals surface area contributed by atoms with E-state index in [4.69, 9.17) is 14.5 Å². The summed E-state index contributed by atoms with van der Waals surface area (Å²) >= 11 is 1.71. The first-order valence-electron chi connectivity index (χ1n) is 12.4. The molecule has 194 valence electrons. The first kappa shape index (κ1) is 26.1. The van der Waals surface area contributed by atoms with Gasteiger partial charge < -0.3 is 19.7 Å². The third kappa shape index (κ3) is 6.21. The van der Waals surface area contributed by atoms with Crippen LogP contribution in [0.15, 0.2) is 35.4 Å². The number of nitrogens with one attached hydrogen (secondary N) is 1. The van der Waals surface area contributed by atoms with E-state index in [0.29, 0.717) is 25.6 Å². The normalized spacial score (nSPS) is 16.4. The lowest BCUT2D eigenvalue weighted by Gasteiger charge is -2.33. The summed E-state index contributed by atoms with van der Waals surface area (Å²) in [5.74, 6) is 0.810. The molecule has 1 N–H and O–H groups in total. The number of amides is 1. The number of carbonyl (C=O) groups excluding carboxylic acids is 1. The van der Waals surface area contributed by atoms with Crippen LogP contribution < -0.4 is 10.1 Å². The number of aromatic nitrogens is 4. The van der Waals surface area contributed by atoms with Crippen LogP contribution in [0.2, 0.25) is 0 Å². The molecule has 36 heavy (non-hydrogen) atoms. The second kappa shape index (κ2) is 10.9. The highest BCUT2D eigenvalue weighted by Gasteiger charge is 2.29. The van der Waals surface area contributed by atoms with E-state index in [1.54, 1.807) is 21.2 Å². The highest BCUT2D eigenvalue weighted by atomic mass is 32.2. The zero-order valence-corrected chi connectivity index (χ0v) is 22.8. The van der Waals surface area contributed by atoms with Crippen molar-refractivity contribution >= 4 is 29.5 Å². The van der Waals surface area contributed by atoms with E-state index in [-0.39, 0.29) is 24.1 Å². The Morgan fingerprint density at radius 1 is 1.25 bits per heavy atom. The van der Waals surface area contributed by atoms with Gasteiger partial charge in [-0.3, -0.25) is 0 Å². The summed E-state index contributed by atoms with van der Waals surface area (Å²) in [5, 5.41) is 7.98. The summed E-state index contributed by atoms with van der Waals surface area (Å²) < 4.78 is 13.5. The molecule has 9 nitrogen and oxygen atoms in total. The number of nitrogens with zero attached hydrogens (tertiary/aromatic N) is 5. The smallest absolute Gasteiger partial charge is 0.410 e. The minimum Gasteiger partial charge on any atom is -0.458 e. The van der Waals surface area contributed by atoms with Gasteiger partial charge in [0, 0.05) is 23.5 Å². The third-order valence-corrected chi connectivity index (χ3v) is 6.77. The molecule has 1 aromatic carbocycles. The molecule has 1 saturated heterocycles. The first-order chi connectivity index (χ1) is 17.1. The number of benzene rings is 1. The number of ether oxygens (including phenoxy) is 2. The highest BCUT2D eigenvalue weighted by molar-refractivity contribution is 7.98. The van der Waals surface area contributed by atoms with Gasteiger partial charge >= 0.3 is 12.1 Å². The zero-order valence-electron chi connectivity index (χ0n) is 21.9. The van der Waals surface area contributed by atoms with Crippen LogP contribution in [-0.2, 0) is 11.3 Å². The van der Waals surface area contributed by atoms with E-state index >= 15 is 0 Å². The van der Waals surface area contributed by atoms with Crippen molar-refractivity contribution in [3.63, 3.8) is 0 Å². The van der Waals surface area contributed by atoms with E-state index in [1.165, 1.54) is 10.5 Å². The molecule has 3 heterocycles. The molecule has 10 heteroatoms. The highest BCUT2D eigenvalue weighted by Crippen LogP contribution is 2.26. The number of thioether (sulfide) groups is 1. The predicted molar refractivity (Wildman–Crippen MR) is 142 cm³/mol. The van der Waals surface area contributed by atoms with Crippen molar-refractivity contribution < 1.29 is 14.3 Å². The van der Waals surface area contributed by atoms with Gasteiger partial charge in [0.2, 0.25) is 5.95 Å². The van der Waals surface area contributed by atoms with Gasteiger partial charge in [-0.05, 0) is 57.4 Å². The number of fused-ring (bicyclic) bond motifs is 1. The number of piperidine rings is 1. The molecule has 1 atom stereocenters. The molecular formula is C26H36N6O3S. The van der Waals surface area contributed by atoms with Crippen molar-refractivity contribution in [3.8, 4) is 6.01 Å². The monoisotopic (exact) mass is 512 g/mol. The first-order valence-corrected chi connectivity index (χ1v) is 13.6. The Labute approximate surface area is 217 Å². The van der Waals surface area contributed by atoms with Gasteiger partial charge in [0.15, 0.2) is 5.65 Å².